The first-order valence-corrected chi connectivity index (χ1v) is 5.00. The fraction of sp³-hybridized carbons (Fsp3) is 0.167. The molecule has 0 aliphatic rings. The largest absolute Gasteiger partial charge is 0.347 e. The Bertz CT molecular complexity index is 431. The van der Waals surface area contributed by atoms with Crippen molar-refractivity contribution in [3.8, 4) is 0 Å². The summed E-state index contributed by atoms with van der Waals surface area (Å²) < 4.78 is 2.18. The van der Waals surface area contributed by atoms with Crippen LogP contribution in [0.1, 0.15) is 11.3 Å². The van der Waals surface area contributed by atoms with Crippen LogP contribution in [0.25, 0.3) is 0 Å². The van der Waals surface area contributed by atoms with Crippen LogP contribution in [0.4, 0.5) is 0 Å². The molecule has 14 heavy (non-hydrogen) atoms. The number of rotatable bonds is 2. The standard InChI is InChI=1S/C12H12ClN/c1-10-5-4-8-14(10)9-11-6-2-3-7-12(11)13/h2-8H,9H2,1H3. The molecule has 72 valence electrons. The maximum atomic E-state index is 6.08. The lowest BCUT2D eigenvalue weighted by atomic mass is 10.2. The van der Waals surface area contributed by atoms with Gasteiger partial charge in [-0.05, 0) is 30.7 Å². The van der Waals surface area contributed by atoms with Crippen LogP contribution in [0.2, 0.25) is 5.02 Å². The van der Waals surface area contributed by atoms with E-state index < -0.39 is 0 Å². The highest BCUT2D eigenvalue weighted by Gasteiger charge is 2.00. The van der Waals surface area contributed by atoms with E-state index >= 15 is 0 Å². The van der Waals surface area contributed by atoms with Gasteiger partial charge in [0.05, 0.1) is 0 Å². The normalized spacial score (nSPS) is 10.4. The van der Waals surface area contributed by atoms with Crippen LogP contribution >= 0.6 is 11.6 Å². The van der Waals surface area contributed by atoms with Crippen molar-refractivity contribution in [2.75, 3.05) is 0 Å². The van der Waals surface area contributed by atoms with Gasteiger partial charge < -0.3 is 4.57 Å². The molecule has 0 saturated heterocycles. The average molecular weight is 206 g/mol. The quantitative estimate of drug-likeness (QED) is 0.707. The number of aromatic nitrogens is 1. The lowest BCUT2D eigenvalue weighted by Crippen LogP contribution is -2.00. The molecule has 0 fully saturated rings. The van der Waals surface area contributed by atoms with E-state index in [1.54, 1.807) is 0 Å². The number of halogens is 1. The predicted octanol–water partition coefficient (Wildman–Crippen LogP) is 3.50. The second kappa shape index (κ2) is 3.89. The van der Waals surface area contributed by atoms with Crippen molar-refractivity contribution in [1.29, 1.82) is 0 Å². The van der Waals surface area contributed by atoms with Gasteiger partial charge in [0.2, 0.25) is 0 Å². The summed E-state index contributed by atoms with van der Waals surface area (Å²) in [7, 11) is 0. The van der Waals surface area contributed by atoms with Gasteiger partial charge in [-0.1, -0.05) is 29.8 Å². The Morgan fingerprint density at radius 2 is 1.93 bits per heavy atom. The zero-order valence-electron chi connectivity index (χ0n) is 8.07. The highest BCUT2D eigenvalue weighted by Crippen LogP contribution is 2.16. The minimum absolute atomic E-state index is 0.834. The van der Waals surface area contributed by atoms with Crippen molar-refractivity contribution in [3.05, 3.63) is 58.9 Å². The fourth-order valence-electron chi connectivity index (χ4n) is 1.49. The number of hydrogen-bond donors (Lipinski definition) is 0. The van der Waals surface area contributed by atoms with Crippen molar-refractivity contribution >= 4 is 11.6 Å². The number of hydrogen-bond acceptors (Lipinski definition) is 0. The first kappa shape index (κ1) is 9.35. The van der Waals surface area contributed by atoms with Crippen LogP contribution < -0.4 is 0 Å². The summed E-state index contributed by atoms with van der Waals surface area (Å²) in [6.07, 6.45) is 2.07. The van der Waals surface area contributed by atoms with Gasteiger partial charge in [0, 0.05) is 23.5 Å². The molecular weight excluding hydrogens is 194 g/mol. The lowest BCUT2D eigenvalue weighted by molar-refractivity contribution is 0.777. The van der Waals surface area contributed by atoms with E-state index in [-0.39, 0.29) is 0 Å². The van der Waals surface area contributed by atoms with Crippen LogP contribution in [-0.2, 0) is 6.54 Å². The molecule has 1 aromatic carbocycles. The zero-order chi connectivity index (χ0) is 9.97. The van der Waals surface area contributed by atoms with E-state index in [0.717, 1.165) is 17.1 Å². The van der Waals surface area contributed by atoms with E-state index in [1.165, 1.54) is 5.69 Å². The summed E-state index contributed by atoms with van der Waals surface area (Å²) in [5, 5.41) is 0.834. The Morgan fingerprint density at radius 3 is 2.57 bits per heavy atom. The predicted molar refractivity (Wildman–Crippen MR) is 59.7 cm³/mol. The van der Waals surface area contributed by atoms with Crippen molar-refractivity contribution < 1.29 is 0 Å². The van der Waals surface area contributed by atoms with E-state index in [0.29, 0.717) is 0 Å². The smallest absolute Gasteiger partial charge is 0.0487 e. The molecule has 1 nitrogen and oxygen atoms in total. The Morgan fingerprint density at radius 1 is 1.14 bits per heavy atom. The molecule has 0 saturated carbocycles. The summed E-state index contributed by atoms with van der Waals surface area (Å²) in [6, 6.07) is 12.1. The Balaban J connectivity index is 2.28. The highest BCUT2D eigenvalue weighted by atomic mass is 35.5. The summed E-state index contributed by atoms with van der Waals surface area (Å²) >= 11 is 6.08. The minimum Gasteiger partial charge on any atom is -0.347 e. The van der Waals surface area contributed by atoms with Gasteiger partial charge in [0.1, 0.15) is 0 Å². The van der Waals surface area contributed by atoms with Crippen LogP contribution in [0, 0.1) is 6.92 Å². The van der Waals surface area contributed by atoms with Gasteiger partial charge in [0.15, 0.2) is 0 Å². The first-order valence-electron chi connectivity index (χ1n) is 4.62. The van der Waals surface area contributed by atoms with Crippen LogP contribution in [-0.4, -0.2) is 4.57 Å². The van der Waals surface area contributed by atoms with Crippen molar-refractivity contribution in [1.82, 2.24) is 4.57 Å². The molecule has 2 aromatic rings. The Hall–Kier alpha value is -1.21. The van der Waals surface area contributed by atoms with Gasteiger partial charge in [0.25, 0.3) is 0 Å². The summed E-state index contributed by atoms with van der Waals surface area (Å²) in [6.45, 7) is 2.94. The topological polar surface area (TPSA) is 4.93 Å². The molecule has 0 bridgehead atoms. The molecule has 1 aromatic heterocycles. The molecule has 0 unspecified atom stereocenters. The van der Waals surface area contributed by atoms with E-state index in [9.17, 15) is 0 Å². The molecule has 0 amide bonds. The summed E-state index contributed by atoms with van der Waals surface area (Å²) in [5.41, 5.74) is 2.42. The minimum atomic E-state index is 0.834. The Kier molecular flexibility index (Phi) is 2.60. The van der Waals surface area contributed by atoms with Gasteiger partial charge in [-0.15, -0.1) is 0 Å². The average Bonchev–Trinajstić information content (AvgIpc) is 2.56. The first-order chi connectivity index (χ1) is 6.77. The van der Waals surface area contributed by atoms with Crippen LogP contribution in [0.3, 0.4) is 0 Å². The van der Waals surface area contributed by atoms with Gasteiger partial charge in [-0.25, -0.2) is 0 Å². The third-order valence-corrected chi connectivity index (χ3v) is 2.72. The maximum Gasteiger partial charge on any atom is 0.0487 e. The molecule has 1 heterocycles. The lowest BCUT2D eigenvalue weighted by Gasteiger charge is -2.07. The van der Waals surface area contributed by atoms with Gasteiger partial charge in [-0.2, -0.15) is 0 Å². The molecule has 0 N–H and O–H groups in total. The molecule has 2 heteroatoms. The van der Waals surface area contributed by atoms with E-state index in [4.69, 9.17) is 11.6 Å². The second-order valence-electron chi connectivity index (χ2n) is 3.37. The van der Waals surface area contributed by atoms with E-state index in [1.807, 2.05) is 24.3 Å². The molecule has 2 rings (SSSR count). The molecule has 0 aliphatic carbocycles. The summed E-state index contributed by atoms with van der Waals surface area (Å²) in [5.74, 6) is 0. The fourth-order valence-corrected chi connectivity index (χ4v) is 1.68. The molecule has 0 atom stereocenters. The summed E-state index contributed by atoms with van der Waals surface area (Å²) in [4.78, 5) is 0. The van der Waals surface area contributed by atoms with Crippen molar-refractivity contribution in [2.24, 2.45) is 0 Å². The third kappa shape index (κ3) is 1.83. The van der Waals surface area contributed by atoms with Gasteiger partial charge >= 0.3 is 0 Å². The number of benzene rings is 1. The van der Waals surface area contributed by atoms with Crippen LogP contribution in [0.5, 0.6) is 0 Å². The van der Waals surface area contributed by atoms with Gasteiger partial charge in [-0.3, -0.25) is 0 Å². The molecule has 0 aliphatic heterocycles. The number of nitrogens with zero attached hydrogens (tertiary/aromatic N) is 1. The maximum absolute atomic E-state index is 6.08. The molecular formula is C12H12ClN. The van der Waals surface area contributed by atoms with Crippen molar-refractivity contribution in [2.45, 2.75) is 13.5 Å². The Labute approximate surface area is 88.9 Å². The van der Waals surface area contributed by atoms with Crippen molar-refractivity contribution in [3.63, 3.8) is 0 Å². The van der Waals surface area contributed by atoms with Crippen LogP contribution in [0.15, 0.2) is 42.6 Å². The highest BCUT2D eigenvalue weighted by molar-refractivity contribution is 6.31. The molecule has 0 spiro atoms. The number of aryl methyl sites for hydroxylation is 1. The second-order valence-corrected chi connectivity index (χ2v) is 3.78. The zero-order valence-corrected chi connectivity index (χ0v) is 8.83. The van der Waals surface area contributed by atoms with E-state index in [2.05, 4.69) is 29.8 Å². The third-order valence-electron chi connectivity index (χ3n) is 2.36. The molecule has 0 radical (unpaired) electrons. The monoisotopic (exact) mass is 205 g/mol. The SMILES string of the molecule is Cc1cccn1Cc1ccccc1Cl.